The minimum Gasteiger partial charge on any atom is -0.466 e. The summed E-state index contributed by atoms with van der Waals surface area (Å²) in [6.45, 7) is 4.41. The van der Waals surface area contributed by atoms with Crippen LogP contribution in [0.5, 0.6) is 10.9 Å². The van der Waals surface area contributed by atoms with Gasteiger partial charge in [0.15, 0.2) is 0 Å². The number of fused-ring (bicyclic) bond motifs is 1. The smallest absolute Gasteiger partial charge is 0.309 e. The van der Waals surface area contributed by atoms with Crippen LogP contribution in [0.1, 0.15) is 31.7 Å². The zero-order valence-corrected chi connectivity index (χ0v) is 18.6. The van der Waals surface area contributed by atoms with Gasteiger partial charge in [0.25, 0.3) is 5.19 Å². The summed E-state index contributed by atoms with van der Waals surface area (Å²) >= 11 is 1.56. The predicted molar refractivity (Wildman–Crippen MR) is 123 cm³/mol. The molecule has 2 fully saturated rings. The van der Waals surface area contributed by atoms with Gasteiger partial charge in [-0.25, -0.2) is 4.98 Å². The van der Waals surface area contributed by atoms with Gasteiger partial charge < -0.3 is 9.47 Å². The number of hydrogen-bond donors (Lipinski definition) is 0. The van der Waals surface area contributed by atoms with E-state index < -0.39 is 0 Å². The van der Waals surface area contributed by atoms with Crippen molar-refractivity contribution in [2.75, 3.05) is 19.7 Å². The topological polar surface area (TPSA) is 51.7 Å². The quantitative estimate of drug-likeness (QED) is 0.404. The van der Waals surface area contributed by atoms with Crippen LogP contribution in [0.2, 0.25) is 0 Å². The van der Waals surface area contributed by atoms with Gasteiger partial charge in [-0.05, 0) is 68.4 Å². The Balaban J connectivity index is 1.13. The average Bonchev–Trinajstić information content (AvgIpc) is 3.69. The third-order valence-electron chi connectivity index (χ3n) is 6.13. The summed E-state index contributed by atoms with van der Waals surface area (Å²) in [5.41, 5.74) is 2.28. The van der Waals surface area contributed by atoms with Gasteiger partial charge in [-0.3, -0.25) is 9.69 Å². The van der Waals surface area contributed by atoms with Gasteiger partial charge in [-0.1, -0.05) is 35.6 Å². The molecule has 0 spiro atoms. The Kier molecular flexibility index (Phi) is 5.92. The fourth-order valence-electron chi connectivity index (χ4n) is 4.14. The van der Waals surface area contributed by atoms with E-state index in [0.29, 0.717) is 23.8 Å². The van der Waals surface area contributed by atoms with Gasteiger partial charge in [0.05, 0.1) is 22.7 Å². The molecule has 1 heterocycles. The molecular formula is C25H28N2O3S. The van der Waals surface area contributed by atoms with Crippen molar-refractivity contribution in [2.24, 2.45) is 11.8 Å². The first kappa shape index (κ1) is 20.5. The van der Waals surface area contributed by atoms with Crippen LogP contribution in [0.3, 0.4) is 0 Å². The summed E-state index contributed by atoms with van der Waals surface area (Å²) in [4.78, 5) is 19.0. The van der Waals surface area contributed by atoms with Crippen molar-refractivity contribution in [1.82, 2.24) is 9.88 Å². The summed E-state index contributed by atoms with van der Waals surface area (Å²) in [6.07, 6.45) is 4.56. The number of carbonyl (C=O) groups is 1. The lowest BCUT2D eigenvalue weighted by Gasteiger charge is -2.22. The molecule has 2 unspecified atom stereocenters. The first-order chi connectivity index (χ1) is 15.2. The van der Waals surface area contributed by atoms with Crippen molar-refractivity contribution in [1.29, 1.82) is 0 Å². The second-order valence-corrected chi connectivity index (χ2v) is 9.52. The van der Waals surface area contributed by atoms with E-state index in [-0.39, 0.29) is 11.9 Å². The molecule has 0 bridgehead atoms. The molecule has 0 aliphatic heterocycles. The zero-order valence-electron chi connectivity index (χ0n) is 17.8. The van der Waals surface area contributed by atoms with Crippen molar-refractivity contribution in [2.45, 2.75) is 38.6 Å². The van der Waals surface area contributed by atoms with Crippen molar-refractivity contribution in [3.63, 3.8) is 0 Å². The highest BCUT2D eigenvalue weighted by molar-refractivity contribution is 7.20. The molecule has 2 atom stereocenters. The van der Waals surface area contributed by atoms with Crippen molar-refractivity contribution in [3.05, 3.63) is 54.1 Å². The predicted octanol–water partition coefficient (Wildman–Crippen LogP) is 5.29. The molecule has 3 aromatic rings. The molecule has 2 aliphatic carbocycles. The first-order valence-corrected chi connectivity index (χ1v) is 12.0. The molecule has 0 radical (unpaired) electrons. The molecule has 2 aromatic carbocycles. The Bertz CT molecular complexity index is 1010. The van der Waals surface area contributed by atoms with E-state index in [2.05, 4.69) is 28.1 Å². The van der Waals surface area contributed by atoms with Gasteiger partial charge in [0.2, 0.25) is 0 Å². The lowest BCUT2D eigenvalue weighted by atomic mass is 10.1. The maximum Gasteiger partial charge on any atom is 0.309 e. The summed E-state index contributed by atoms with van der Waals surface area (Å²) in [5.74, 6) is 1.41. The van der Waals surface area contributed by atoms with Gasteiger partial charge >= 0.3 is 5.97 Å². The molecule has 162 valence electrons. The number of nitrogens with zero attached hydrogens (tertiary/aromatic N) is 2. The van der Waals surface area contributed by atoms with Crippen molar-refractivity contribution < 1.29 is 14.3 Å². The maximum atomic E-state index is 11.9. The molecule has 2 saturated carbocycles. The highest BCUT2D eigenvalue weighted by Gasteiger charge is 2.46. The van der Waals surface area contributed by atoms with E-state index in [9.17, 15) is 4.79 Å². The number of ether oxygens (including phenoxy) is 2. The molecule has 0 amide bonds. The van der Waals surface area contributed by atoms with Crippen LogP contribution >= 0.6 is 11.3 Å². The Hall–Kier alpha value is -2.44. The fourth-order valence-corrected chi connectivity index (χ4v) is 4.98. The van der Waals surface area contributed by atoms with E-state index in [1.165, 1.54) is 18.4 Å². The third-order valence-corrected chi connectivity index (χ3v) is 7.05. The van der Waals surface area contributed by atoms with E-state index in [1.807, 2.05) is 37.3 Å². The van der Waals surface area contributed by atoms with E-state index >= 15 is 0 Å². The normalized spacial score (nSPS) is 20.2. The number of rotatable bonds is 10. The Morgan fingerprint density at radius 2 is 1.97 bits per heavy atom. The summed E-state index contributed by atoms with van der Waals surface area (Å²) in [6, 6.07) is 17.1. The van der Waals surface area contributed by atoms with Gasteiger partial charge in [0.1, 0.15) is 5.75 Å². The fraction of sp³-hybridized carbons (Fsp3) is 0.440. The van der Waals surface area contributed by atoms with Crippen LogP contribution in [0, 0.1) is 11.8 Å². The molecule has 0 N–H and O–H groups in total. The van der Waals surface area contributed by atoms with Crippen LogP contribution in [0.15, 0.2) is 48.5 Å². The number of benzene rings is 2. The molecule has 0 saturated heterocycles. The summed E-state index contributed by atoms with van der Waals surface area (Å²) in [5, 5.41) is 0.675. The second kappa shape index (κ2) is 8.97. The van der Waals surface area contributed by atoms with E-state index in [4.69, 9.17) is 9.47 Å². The van der Waals surface area contributed by atoms with Gasteiger partial charge in [-0.2, -0.15) is 0 Å². The maximum absolute atomic E-state index is 11.9. The largest absolute Gasteiger partial charge is 0.466 e. The van der Waals surface area contributed by atoms with Crippen LogP contribution in [0.25, 0.3) is 10.2 Å². The Morgan fingerprint density at radius 1 is 1.16 bits per heavy atom. The lowest BCUT2D eigenvalue weighted by molar-refractivity contribution is -0.145. The van der Waals surface area contributed by atoms with Gasteiger partial charge in [-0.15, -0.1) is 0 Å². The third kappa shape index (κ3) is 5.08. The zero-order chi connectivity index (χ0) is 21.2. The van der Waals surface area contributed by atoms with Crippen LogP contribution in [-0.4, -0.2) is 41.6 Å². The minimum absolute atomic E-state index is 0.00744. The molecule has 5 nitrogen and oxygen atoms in total. The number of hydrogen-bond acceptors (Lipinski definition) is 6. The number of thiazole rings is 1. The van der Waals surface area contributed by atoms with Gasteiger partial charge in [0, 0.05) is 19.1 Å². The average molecular weight is 437 g/mol. The molecular weight excluding hydrogens is 408 g/mol. The highest BCUT2D eigenvalue weighted by atomic mass is 32.1. The number of para-hydroxylation sites is 1. The molecule has 1 aromatic heterocycles. The van der Waals surface area contributed by atoms with Crippen molar-refractivity contribution >= 4 is 27.5 Å². The number of esters is 1. The monoisotopic (exact) mass is 436 g/mol. The molecule has 5 rings (SSSR count). The number of carbonyl (C=O) groups excluding carboxylic acids is 1. The standard InChI is InChI=1S/C25H28N2O3S/c1-2-29-24(28)21-15-18(21)16-27(19-9-10-19)14-13-17-7-11-20(12-8-17)30-25-26-22-5-3-4-6-23(22)31-25/h3-8,11-12,18-19,21H,2,9-10,13-16H2,1H3. The van der Waals surface area contributed by atoms with Crippen molar-refractivity contribution in [3.8, 4) is 10.9 Å². The van der Waals surface area contributed by atoms with Crippen LogP contribution in [0.4, 0.5) is 0 Å². The second-order valence-electron chi connectivity index (χ2n) is 8.52. The van der Waals surface area contributed by atoms with E-state index in [0.717, 1.165) is 41.9 Å². The summed E-state index contributed by atoms with van der Waals surface area (Å²) < 4.78 is 12.3. The first-order valence-electron chi connectivity index (χ1n) is 11.2. The Morgan fingerprint density at radius 3 is 2.71 bits per heavy atom. The van der Waals surface area contributed by atoms with E-state index in [1.54, 1.807) is 11.3 Å². The molecule has 31 heavy (non-hydrogen) atoms. The molecule has 6 heteroatoms. The lowest BCUT2D eigenvalue weighted by Crippen LogP contribution is -2.31. The van der Waals surface area contributed by atoms with Crippen LogP contribution < -0.4 is 4.74 Å². The van der Waals surface area contributed by atoms with Crippen LogP contribution in [-0.2, 0) is 16.0 Å². The Labute approximate surface area is 187 Å². The summed E-state index contributed by atoms with van der Waals surface area (Å²) in [7, 11) is 0. The number of aromatic nitrogens is 1. The molecule has 2 aliphatic rings. The SMILES string of the molecule is CCOC(=O)C1CC1CN(CCc1ccc(Oc2nc3ccccc3s2)cc1)C1CC1. The highest BCUT2D eigenvalue weighted by Crippen LogP contribution is 2.42. The minimum atomic E-state index is -0.00744.